The van der Waals surface area contributed by atoms with E-state index in [1.807, 2.05) is 35.8 Å². The highest BCUT2D eigenvalue weighted by molar-refractivity contribution is 5.76. The summed E-state index contributed by atoms with van der Waals surface area (Å²) >= 11 is 0. The molecule has 0 saturated carbocycles. The van der Waals surface area contributed by atoms with E-state index in [4.69, 9.17) is 0 Å². The topological polar surface area (TPSA) is 74.2 Å². The fraction of sp³-hybridized carbons (Fsp3) is 0.550. The third-order valence-electron chi connectivity index (χ3n) is 5.89. The Balaban J connectivity index is 1.56. The first kappa shape index (κ1) is 18.0. The van der Waals surface area contributed by atoms with Crippen molar-refractivity contribution in [3.8, 4) is 0 Å². The van der Waals surface area contributed by atoms with Crippen LogP contribution in [0.4, 0.5) is 0 Å². The number of rotatable bonds is 5. The molecule has 2 aromatic rings. The van der Waals surface area contributed by atoms with E-state index in [1.54, 1.807) is 12.3 Å². The molecule has 3 atom stereocenters. The van der Waals surface area contributed by atoms with Crippen molar-refractivity contribution in [1.82, 2.24) is 24.6 Å². The minimum Gasteiger partial charge on any atom is -0.342 e. The number of H-pyrrole nitrogens is 1. The van der Waals surface area contributed by atoms with Crippen molar-refractivity contribution in [3.05, 3.63) is 52.2 Å². The fourth-order valence-electron chi connectivity index (χ4n) is 4.68. The fourth-order valence-corrected chi connectivity index (χ4v) is 4.68. The Morgan fingerprint density at radius 3 is 2.93 bits per heavy atom. The number of aromatic amines is 1. The van der Waals surface area contributed by atoms with E-state index in [2.05, 4.69) is 21.2 Å². The van der Waals surface area contributed by atoms with E-state index < -0.39 is 0 Å². The number of carbonyl (C=O) groups is 1. The molecule has 4 rings (SSSR count). The minimum absolute atomic E-state index is 0.0776. The molecule has 0 unspecified atom stereocenters. The molecule has 0 radical (unpaired) electrons. The molecule has 4 heterocycles. The zero-order valence-electron chi connectivity index (χ0n) is 16.0. The molecule has 144 valence electrons. The Labute approximate surface area is 159 Å². The van der Waals surface area contributed by atoms with Crippen molar-refractivity contribution in [3.63, 3.8) is 0 Å². The Morgan fingerprint density at radius 1 is 1.33 bits per heavy atom. The van der Waals surface area contributed by atoms with Crippen LogP contribution in [0.1, 0.15) is 36.1 Å². The molecule has 2 aromatic heterocycles. The van der Waals surface area contributed by atoms with Crippen LogP contribution in [0.5, 0.6) is 0 Å². The highest BCUT2D eigenvalue weighted by Gasteiger charge is 2.41. The lowest BCUT2D eigenvalue weighted by atomic mass is 9.78. The summed E-state index contributed by atoms with van der Waals surface area (Å²) in [6.45, 7) is 2.25. The van der Waals surface area contributed by atoms with Gasteiger partial charge in [-0.15, -0.1) is 0 Å². The minimum atomic E-state index is 0.0776. The standard InChI is InChI=1S/C20H27N5O2/c1-23(2)13-18-16-8-15(17-4-3-5-20(27)25(17)18)11-24(12-16)19(26)7-6-14-9-21-22-10-14/h3-5,9-10,15-16,18H,6-8,11-13H2,1-2H3,(H,21,22)/t15-,16+,18+/m1/s1. The van der Waals surface area contributed by atoms with Gasteiger partial charge in [-0.1, -0.05) is 6.07 Å². The largest absolute Gasteiger partial charge is 0.342 e. The quantitative estimate of drug-likeness (QED) is 0.861. The number of likely N-dealkylation sites (N-methyl/N-ethyl adjacent to an activating group) is 1. The van der Waals surface area contributed by atoms with Crippen LogP contribution >= 0.6 is 0 Å². The lowest BCUT2D eigenvalue weighted by molar-refractivity contribution is -0.134. The normalized spacial score (nSPS) is 24.1. The number of nitrogens with zero attached hydrogens (tertiary/aromatic N) is 4. The van der Waals surface area contributed by atoms with E-state index >= 15 is 0 Å². The summed E-state index contributed by atoms with van der Waals surface area (Å²) in [4.78, 5) is 29.6. The van der Waals surface area contributed by atoms with Gasteiger partial charge in [0.15, 0.2) is 0 Å². The molecule has 7 heteroatoms. The third-order valence-corrected chi connectivity index (χ3v) is 5.89. The van der Waals surface area contributed by atoms with E-state index in [0.29, 0.717) is 25.3 Å². The van der Waals surface area contributed by atoms with Crippen LogP contribution in [0.15, 0.2) is 35.4 Å². The number of pyridine rings is 1. The molecular weight excluding hydrogens is 342 g/mol. The third kappa shape index (κ3) is 3.56. The van der Waals surface area contributed by atoms with Gasteiger partial charge in [-0.25, -0.2) is 0 Å². The summed E-state index contributed by atoms with van der Waals surface area (Å²) in [5.41, 5.74) is 2.22. The molecule has 1 fully saturated rings. The molecule has 0 aliphatic carbocycles. The highest BCUT2D eigenvalue weighted by atomic mass is 16.2. The van der Waals surface area contributed by atoms with Gasteiger partial charge in [0.1, 0.15) is 0 Å². The van der Waals surface area contributed by atoms with Crippen LogP contribution in [0, 0.1) is 5.92 Å². The second-order valence-electron chi connectivity index (χ2n) is 8.09. The first-order chi connectivity index (χ1) is 13.0. The van der Waals surface area contributed by atoms with Gasteiger partial charge in [0, 0.05) is 49.9 Å². The number of carbonyl (C=O) groups excluding carboxylic acids is 1. The van der Waals surface area contributed by atoms with Crippen molar-refractivity contribution in [2.45, 2.75) is 31.2 Å². The summed E-state index contributed by atoms with van der Waals surface area (Å²) in [7, 11) is 4.08. The van der Waals surface area contributed by atoms with E-state index in [0.717, 1.165) is 30.8 Å². The van der Waals surface area contributed by atoms with Gasteiger partial charge in [-0.2, -0.15) is 5.10 Å². The molecule has 27 heavy (non-hydrogen) atoms. The molecule has 0 aromatic carbocycles. The molecule has 2 aliphatic rings. The Bertz CT molecular complexity index is 858. The van der Waals surface area contributed by atoms with E-state index in [9.17, 15) is 9.59 Å². The molecule has 2 aliphatic heterocycles. The highest BCUT2D eigenvalue weighted by Crippen LogP contribution is 2.41. The number of amides is 1. The van der Waals surface area contributed by atoms with Crippen molar-refractivity contribution >= 4 is 5.91 Å². The van der Waals surface area contributed by atoms with Gasteiger partial charge >= 0.3 is 0 Å². The number of hydrogen-bond donors (Lipinski definition) is 1. The lowest BCUT2D eigenvalue weighted by Gasteiger charge is -2.47. The van der Waals surface area contributed by atoms with Gasteiger partial charge in [-0.3, -0.25) is 14.7 Å². The first-order valence-corrected chi connectivity index (χ1v) is 9.64. The summed E-state index contributed by atoms with van der Waals surface area (Å²) in [5.74, 6) is 0.756. The lowest BCUT2D eigenvalue weighted by Crippen LogP contribution is -2.52. The van der Waals surface area contributed by atoms with Gasteiger partial charge in [-0.05, 0) is 44.5 Å². The summed E-state index contributed by atoms with van der Waals surface area (Å²) in [6.07, 6.45) is 5.87. The van der Waals surface area contributed by atoms with Crippen LogP contribution in [0.25, 0.3) is 0 Å². The van der Waals surface area contributed by atoms with Gasteiger partial charge in [0.05, 0.1) is 12.2 Å². The van der Waals surface area contributed by atoms with Crippen LogP contribution < -0.4 is 5.56 Å². The molecule has 1 N–H and O–H groups in total. The Hall–Kier alpha value is -2.41. The number of aromatic nitrogens is 3. The van der Waals surface area contributed by atoms with Crippen molar-refractivity contribution in [1.29, 1.82) is 0 Å². The van der Waals surface area contributed by atoms with Gasteiger partial charge in [0.25, 0.3) is 5.56 Å². The van der Waals surface area contributed by atoms with Gasteiger partial charge < -0.3 is 14.4 Å². The predicted molar refractivity (Wildman–Crippen MR) is 103 cm³/mol. The number of piperidine rings is 1. The van der Waals surface area contributed by atoms with Gasteiger partial charge in [0.2, 0.25) is 5.91 Å². The molecule has 7 nitrogen and oxygen atoms in total. The number of aryl methyl sites for hydroxylation is 1. The number of nitrogens with one attached hydrogen (secondary N) is 1. The molecule has 1 saturated heterocycles. The van der Waals surface area contributed by atoms with Crippen LogP contribution in [-0.4, -0.2) is 64.2 Å². The summed E-state index contributed by atoms with van der Waals surface area (Å²) in [6, 6.07) is 5.68. The average molecular weight is 369 g/mol. The zero-order chi connectivity index (χ0) is 19.0. The van der Waals surface area contributed by atoms with Crippen molar-refractivity contribution < 1.29 is 4.79 Å². The average Bonchev–Trinajstić information content (AvgIpc) is 3.16. The SMILES string of the molecule is CN(C)C[C@H]1[C@H]2C[C@H](CN(C(=O)CCc3cn[nH]c3)C2)c2cccc(=O)n21. The second-order valence-corrected chi connectivity index (χ2v) is 8.09. The summed E-state index contributed by atoms with van der Waals surface area (Å²) in [5, 5.41) is 6.74. The first-order valence-electron chi connectivity index (χ1n) is 9.64. The Kier molecular flexibility index (Phi) is 4.86. The molecular formula is C20H27N5O2. The van der Waals surface area contributed by atoms with Crippen LogP contribution in [-0.2, 0) is 11.2 Å². The second kappa shape index (κ2) is 7.31. The maximum Gasteiger partial charge on any atom is 0.251 e. The number of hydrogen-bond acceptors (Lipinski definition) is 4. The molecule has 2 bridgehead atoms. The van der Waals surface area contributed by atoms with Crippen molar-refractivity contribution in [2.24, 2.45) is 5.92 Å². The smallest absolute Gasteiger partial charge is 0.251 e. The van der Waals surface area contributed by atoms with E-state index in [-0.39, 0.29) is 23.4 Å². The number of likely N-dealkylation sites (tertiary alicyclic amines) is 1. The Morgan fingerprint density at radius 2 is 2.19 bits per heavy atom. The predicted octanol–water partition coefficient (Wildman–Crippen LogP) is 1.25. The maximum absolute atomic E-state index is 12.8. The maximum atomic E-state index is 12.8. The monoisotopic (exact) mass is 369 g/mol. The molecule has 1 amide bonds. The van der Waals surface area contributed by atoms with Crippen LogP contribution in [0.2, 0.25) is 0 Å². The van der Waals surface area contributed by atoms with Crippen molar-refractivity contribution in [2.75, 3.05) is 33.7 Å². The summed E-state index contributed by atoms with van der Waals surface area (Å²) < 4.78 is 1.99. The van der Waals surface area contributed by atoms with E-state index in [1.165, 1.54) is 0 Å². The molecule has 0 spiro atoms. The van der Waals surface area contributed by atoms with Crippen LogP contribution in [0.3, 0.4) is 0 Å². The number of fused-ring (bicyclic) bond motifs is 4. The zero-order valence-corrected chi connectivity index (χ0v) is 16.0.